The molecule has 0 spiro atoms. The van der Waals surface area contributed by atoms with Crippen LogP contribution in [0.25, 0.3) is 0 Å². The summed E-state index contributed by atoms with van der Waals surface area (Å²) in [6.07, 6.45) is 3.83. The van der Waals surface area contributed by atoms with Gasteiger partial charge in [0.2, 0.25) is 5.91 Å². The normalized spacial score (nSPS) is 18.3. The minimum absolute atomic E-state index is 0.0514. The maximum Gasteiger partial charge on any atom is 0.224 e. The van der Waals surface area contributed by atoms with Gasteiger partial charge in [0.15, 0.2) is 0 Å². The number of nitrogens with one attached hydrogen (secondary N) is 1. The molecule has 1 aromatic rings. The molecule has 1 heterocycles. The highest BCUT2D eigenvalue weighted by Gasteiger charge is 2.15. The third-order valence-corrected chi connectivity index (χ3v) is 3.08. The molecular formula is C15H21NO3. The van der Waals surface area contributed by atoms with Crippen LogP contribution in [-0.2, 0) is 9.53 Å². The molecule has 1 aliphatic heterocycles. The standard InChI is InChI=1S/C15H21NO3/c1-2-4-15(17)16-12-6-8-13(9-7-12)19-11-14-5-3-10-18-14/h6-9,14H,2-5,10-11H2,1H3,(H,16,17)/t14-/m1/s1. The van der Waals surface area contributed by atoms with Crippen molar-refractivity contribution in [3.8, 4) is 5.75 Å². The first-order valence-electron chi connectivity index (χ1n) is 6.92. The predicted octanol–water partition coefficient (Wildman–Crippen LogP) is 2.98. The molecule has 0 aliphatic carbocycles. The zero-order valence-corrected chi connectivity index (χ0v) is 11.4. The summed E-state index contributed by atoms with van der Waals surface area (Å²) in [5.74, 6) is 0.861. The molecule has 1 aliphatic rings. The molecule has 1 fully saturated rings. The van der Waals surface area contributed by atoms with Gasteiger partial charge < -0.3 is 14.8 Å². The number of hydrogen-bond donors (Lipinski definition) is 1. The quantitative estimate of drug-likeness (QED) is 0.858. The Morgan fingerprint density at radius 1 is 1.42 bits per heavy atom. The Labute approximate surface area is 114 Å². The molecule has 4 nitrogen and oxygen atoms in total. The molecule has 2 rings (SSSR count). The van der Waals surface area contributed by atoms with Gasteiger partial charge in [-0.1, -0.05) is 6.92 Å². The van der Waals surface area contributed by atoms with Gasteiger partial charge in [-0.15, -0.1) is 0 Å². The SMILES string of the molecule is CCCC(=O)Nc1ccc(OC[C@H]2CCCO2)cc1. The van der Waals surface area contributed by atoms with E-state index < -0.39 is 0 Å². The average Bonchev–Trinajstić information content (AvgIpc) is 2.91. The van der Waals surface area contributed by atoms with Crippen molar-refractivity contribution in [1.82, 2.24) is 0 Å². The van der Waals surface area contributed by atoms with Crippen molar-refractivity contribution in [2.24, 2.45) is 0 Å². The lowest BCUT2D eigenvalue weighted by Gasteiger charge is -2.12. The number of carbonyl (C=O) groups is 1. The number of benzene rings is 1. The highest BCUT2D eigenvalue weighted by molar-refractivity contribution is 5.90. The van der Waals surface area contributed by atoms with E-state index in [0.717, 1.165) is 37.3 Å². The summed E-state index contributed by atoms with van der Waals surface area (Å²) in [6.45, 7) is 3.43. The maximum atomic E-state index is 11.4. The van der Waals surface area contributed by atoms with Crippen molar-refractivity contribution >= 4 is 11.6 Å². The fourth-order valence-corrected chi connectivity index (χ4v) is 2.05. The van der Waals surface area contributed by atoms with Crippen molar-refractivity contribution in [2.45, 2.75) is 38.7 Å². The van der Waals surface area contributed by atoms with Crippen molar-refractivity contribution in [3.63, 3.8) is 0 Å². The molecule has 19 heavy (non-hydrogen) atoms. The van der Waals surface area contributed by atoms with Crippen molar-refractivity contribution < 1.29 is 14.3 Å². The van der Waals surface area contributed by atoms with Gasteiger partial charge in [-0.3, -0.25) is 4.79 Å². The molecule has 0 bridgehead atoms. The summed E-state index contributed by atoms with van der Waals surface area (Å²) in [7, 11) is 0. The summed E-state index contributed by atoms with van der Waals surface area (Å²) in [5, 5.41) is 2.85. The zero-order valence-electron chi connectivity index (χ0n) is 11.4. The minimum atomic E-state index is 0.0514. The maximum absolute atomic E-state index is 11.4. The van der Waals surface area contributed by atoms with Gasteiger partial charge >= 0.3 is 0 Å². The van der Waals surface area contributed by atoms with Gasteiger partial charge in [-0.05, 0) is 43.5 Å². The molecule has 0 radical (unpaired) electrons. The molecule has 0 saturated carbocycles. The zero-order chi connectivity index (χ0) is 13.5. The van der Waals surface area contributed by atoms with Crippen LogP contribution in [-0.4, -0.2) is 25.2 Å². The lowest BCUT2D eigenvalue weighted by Crippen LogP contribution is -2.16. The van der Waals surface area contributed by atoms with E-state index >= 15 is 0 Å². The first kappa shape index (κ1) is 13.9. The summed E-state index contributed by atoms with van der Waals surface area (Å²) >= 11 is 0. The first-order chi connectivity index (χ1) is 9.28. The minimum Gasteiger partial charge on any atom is -0.491 e. The van der Waals surface area contributed by atoms with E-state index in [1.54, 1.807) is 0 Å². The lowest BCUT2D eigenvalue weighted by molar-refractivity contribution is -0.116. The Hall–Kier alpha value is -1.55. The molecule has 0 unspecified atom stereocenters. The average molecular weight is 263 g/mol. The summed E-state index contributed by atoms with van der Waals surface area (Å²) in [6, 6.07) is 7.46. The molecule has 0 aromatic heterocycles. The third-order valence-electron chi connectivity index (χ3n) is 3.08. The Balaban J connectivity index is 1.78. The predicted molar refractivity (Wildman–Crippen MR) is 74.4 cm³/mol. The molecule has 1 aromatic carbocycles. The highest BCUT2D eigenvalue weighted by atomic mass is 16.5. The summed E-state index contributed by atoms with van der Waals surface area (Å²) < 4.78 is 11.2. The van der Waals surface area contributed by atoms with Crippen LogP contribution in [0.4, 0.5) is 5.69 Å². The number of amides is 1. The summed E-state index contributed by atoms with van der Waals surface area (Å²) in [4.78, 5) is 11.4. The molecule has 1 atom stereocenters. The van der Waals surface area contributed by atoms with Crippen LogP contribution in [0, 0.1) is 0 Å². The van der Waals surface area contributed by atoms with E-state index in [-0.39, 0.29) is 12.0 Å². The van der Waals surface area contributed by atoms with Crippen molar-refractivity contribution in [3.05, 3.63) is 24.3 Å². The number of hydrogen-bond acceptors (Lipinski definition) is 3. The number of rotatable bonds is 6. The second kappa shape index (κ2) is 7.14. The molecule has 1 N–H and O–H groups in total. The van der Waals surface area contributed by atoms with Gasteiger partial charge in [-0.2, -0.15) is 0 Å². The van der Waals surface area contributed by atoms with Gasteiger partial charge in [0, 0.05) is 18.7 Å². The van der Waals surface area contributed by atoms with E-state index in [4.69, 9.17) is 9.47 Å². The highest BCUT2D eigenvalue weighted by Crippen LogP contribution is 2.18. The fraction of sp³-hybridized carbons (Fsp3) is 0.533. The Morgan fingerprint density at radius 2 is 2.21 bits per heavy atom. The van der Waals surface area contributed by atoms with Crippen LogP contribution in [0.15, 0.2) is 24.3 Å². The Morgan fingerprint density at radius 3 is 2.84 bits per heavy atom. The molecule has 104 valence electrons. The van der Waals surface area contributed by atoms with E-state index in [2.05, 4.69) is 5.32 Å². The monoisotopic (exact) mass is 263 g/mol. The van der Waals surface area contributed by atoms with Gasteiger partial charge in [0.1, 0.15) is 12.4 Å². The van der Waals surface area contributed by atoms with Crippen molar-refractivity contribution in [1.29, 1.82) is 0 Å². The Bertz CT molecular complexity index is 396. The molecule has 1 saturated heterocycles. The second-order valence-electron chi connectivity index (χ2n) is 4.77. The second-order valence-corrected chi connectivity index (χ2v) is 4.77. The smallest absolute Gasteiger partial charge is 0.224 e. The van der Waals surface area contributed by atoms with Crippen LogP contribution < -0.4 is 10.1 Å². The largest absolute Gasteiger partial charge is 0.491 e. The van der Waals surface area contributed by atoms with Crippen LogP contribution in [0.3, 0.4) is 0 Å². The number of carbonyl (C=O) groups excluding carboxylic acids is 1. The van der Waals surface area contributed by atoms with E-state index in [9.17, 15) is 4.79 Å². The van der Waals surface area contributed by atoms with Gasteiger partial charge in [0.25, 0.3) is 0 Å². The molecular weight excluding hydrogens is 242 g/mol. The van der Waals surface area contributed by atoms with E-state index in [1.807, 2.05) is 31.2 Å². The summed E-state index contributed by atoms with van der Waals surface area (Å²) in [5.41, 5.74) is 0.808. The van der Waals surface area contributed by atoms with Gasteiger partial charge in [0.05, 0.1) is 6.10 Å². The van der Waals surface area contributed by atoms with Crippen molar-refractivity contribution in [2.75, 3.05) is 18.5 Å². The number of anilines is 1. The molecule has 4 heteroatoms. The van der Waals surface area contributed by atoms with E-state index in [0.29, 0.717) is 13.0 Å². The molecule has 1 amide bonds. The van der Waals surface area contributed by atoms with Crippen LogP contribution in [0.2, 0.25) is 0 Å². The van der Waals surface area contributed by atoms with Gasteiger partial charge in [-0.25, -0.2) is 0 Å². The third kappa shape index (κ3) is 4.56. The lowest BCUT2D eigenvalue weighted by atomic mass is 10.2. The number of ether oxygens (including phenoxy) is 2. The van der Waals surface area contributed by atoms with Crippen LogP contribution in [0.5, 0.6) is 5.75 Å². The van der Waals surface area contributed by atoms with Crippen LogP contribution in [0.1, 0.15) is 32.6 Å². The fourth-order valence-electron chi connectivity index (χ4n) is 2.05. The van der Waals surface area contributed by atoms with E-state index in [1.165, 1.54) is 0 Å². The van der Waals surface area contributed by atoms with Crippen LogP contribution >= 0.6 is 0 Å². The topological polar surface area (TPSA) is 47.6 Å². The Kier molecular flexibility index (Phi) is 5.21. The first-order valence-corrected chi connectivity index (χ1v) is 6.92.